The highest BCUT2D eigenvalue weighted by Crippen LogP contribution is 2.58. The van der Waals surface area contributed by atoms with Crippen LogP contribution < -0.4 is 21.1 Å². The third-order valence-corrected chi connectivity index (χ3v) is 6.83. The lowest BCUT2D eigenvalue weighted by molar-refractivity contribution is -0.0823. The van der Waals surface area contributed by atoms with Crippen LogP contribution in [0, 0.1) is 5.41 Å². The number of alkyl halides is 2. The Hall–Kier alpha value is -3.76. The summed E-state index contributed by atoms with van der Waals surface area (Å²) in [6.45, 7) is -0.393. The van der Waals surface area contributed by atoms with Gasteiger partial charge in [0.25, 0.3) is 18.2 Å². The molecule has 4 N–H and O–H groups in total. The Balaban J connectivity index is 1.26. The van der Waals surface area contributed by atoms with Crippen molar-refractivity contribution < 1.29 is 23.1 Å². The van der Waals surface area contributed by atoms with Gasteiger partial charge in [0, 0.05) is 30.2 Å². The Morgan fingerprint density at radius 2 is 1.94 bits per heavy atom. The van der Waals surface area contributed by atoms with Gasteiger partial charge in [-0.3, -0.25) is 14.0 Å². The molecule has 34 heavy (non-hydrogen) atoms. The smallest absolute Gasteiger partial charge is 0.267 e. The first-order chi connectivity index (χ1) is 16.2. The van der Waals surface area contributed by atoms with Gasteiger partial charge in [-0.05, 0) is 49.3 Å². The van der Waals surface area contributed by atoms with Crippen LogP contribution >= 0.6 is 0 Å². The minimum absolute atomic E-state index is 0.0356. The van der Waals surface area contributed by atoms with Crippen LogP contribution in [0.25, 0.3) is 5.65 Å². The average molecular weight is 470 g/mol. The molecule has 0 bridgehead atoms. The van der Waals surface area contributed by atoms with E-state index in [1.54, 1.807) is 46.0 Å². The minimum Gasteiger partial charge on any atom is -0.474 e. The number of nitrogens with zero attached hydrogens (tertiary/aromatic N) is 4. The van der Waals surface area contributed by atoms with E-state index in [0.717, 1.165) is 25.7 Å². The Morgan fingerprint density at radius 3 is 2.62 bits per heavy atom. The normalized spacial score (nSPS) is 23.5. The van der Waals surface area contributed by atoms with E-state index in [4.69, 9.17) is 16.2 Å². The number of pyridine rings is 2. The van der Waals surface area contributed by atoms with Crippen LogP contribution in [0.1, 0.15) is 46.5 Å². The molecule has 0 aromatic carbocycles. The number of imidazole rings is 1. The van der Waals surface area contributed by atoms with E-state index in [2.05, 4.69) is 9.97 Å². The van der Waals surface area contributed by atoms with Gasteiger partial charge in [0.2, 0.25) is 5.88 Å². The molecule has 2 amide bonds. The van der Waals surface area contributed by atoms with Crippen LogP contribution in [0.3, 0.4) is 0 Å². The molecule has 0 radical (unpaired) electrons. The Kier molecular flexibility index (Phi) is 5.34. The highest BCUT2D eigenvalue weighted by atomic mass is 19.3. The summed E-state index contributed by atoms with van der Waals surface area (Å²) in [5.41, 5.74) is 12.3. The quantitative estimate of drug-likeness (QED) is 0.520. The molecule has 0 atom stereocenters. The molecule has 0 unspecified atom stereocenters. The molecular formula is C23H24F2N6O3. The molecule has 0 aliphatic heterocycles. The maximum Gasteiger partial charge on any atom is 0.267 e. The molecule has 9 nitrogen and oxygen atoms in total. The van der Waals surface area contributed by atoms with Crippen LogP contribution in [0.5, 0.6) is 5.88 Å². The van der Waals surface area contributed by atoms with Crippen molar-refractivity contribution in [1.82, 2.24) is 14.4 Å². The lowest BCUT2D eigenvalue weighted by atomic mass is 9.52. The number of amides is 2. The second kappa shape index (κ2) is 8.23. The fraction of sp³-hybridized carbons (Fsp3) is 0.391. The van der Waals surface area contributed by atoms with E-state index >= 15 is 0 Å². The number of halogens is 2. The van der Waals surface area contributed by atoms with Gasteiger partial charge in [-0.2, -0.15) is 0 Å². The maximum absolute atomic E-state index is 13.4. The van der Waals surface area contributed by atoms with Gasteiger partial charge in [0.05, 0.1) is 12.7 Å². The van der Waals surface area contributed by atoms with E-state index in [1.165, 1.54) is 6.20 Å². The lowest BCUT2D eigenvalue weighted by Crippen LogP contribution is -2.59. The number of ether oxygens (including phenoxy) is 1. The number of aromatic nitrogens is 3. The standard InChI is InChI=1S/C23H24F2N6O3/c24-18(25)12-31(13-3-5-30-17(21(27)33)11-29-19(30)6-13)14-7-23(8-14)9-15(10-23)34-22-16(20(26)32)2-1-4-28-22/h1-6,11,14-15,18H,7-10,12H2,(H2,26,32)(H2,27,33). The number of fused-ring (bicyclic) bond motifs is 1. The van der Waals surface area contributed by atoms with Gasteiger partial charge in [0.15, 0.2) is 0 Å². The third-order valence-electron chi connectivity index (χ3n) is 6.83. The summed E-state index contributed by atoms with van der Waals surface area (Å²) in [6, 6.07) is 6.55. The molecule has 178 valence electrons. The average Bonchev–Trinajstić information content (AvgIpc) is 3.16. The van der Waals surface area contributed by atoms with Crippen molar-refractivity contribution in [3.8, 4) is 5.88 Å². The number of hydrogen-bond acceptors (Lipinski definition) is 6. The third kappa shape index (κ3) is 3.91. The first kappa shape index (κ1) is 22.1. The summed E-state index contributed by atoms with van der Waals surface area (Å²) >= 11 is 0. The van der Waals surface area contributed by atoms with Crippen molar-refractivity contribution in [2.24, 2.45) is 16.9 Å². The molecule has 5 rings (SSSR count). The van der Waals surface area contributed by atoms with Gasteiger partial charge in [-0.1, -0.05) is 0 Å². The SMILES string of the molecule is NC(=O)c1cccnc1OC1CC2(C1)CC(N(CC(F)F)c1ccn3c(C(N)=O)cnc3c1)C2. The fourth-order valence-electron chi connectivity index (χ4n) is 5.26. The molecule has 2 aliphatic carbocycles. The van der Waals surface area contributed by atoms with E-state index < -0.39 is 24.8 Å². The molecule has 3 aromatic rings. The van der Waals surface area contributed by atoms with Crippen molar-refractivity contribution in [2.45, 2.75) is 44.3 Å². The van der Waals surface area contributed by atoms with Gasteiger partial charge in [0.1, 0.15) is 23.0 Å². The van der Waals surface area contributed by atoms with E-state index in [9.17, 15) is 18.4 Å². The summed E-state index contributed by atoms with van der Waals surface area (Å²) in [5.74, 6) is -0.977. The molecular weight excluding hydrogens is 446 g/mol. The predicted octanol–water partition coefficient (Wildman–Crippen LogP) is 2.39. The summed E-state index contributed by atoms with van der Waals surface area (Å²) in [4.78, 5) is 33.1. The molecule has 0 saturated heterocycles. The summed E-state index contributed by atoms with van der Waals surface area (Å²) in [5, 5.41) is 0. The zero-order valence-corrected chi connectivity index (χ0v) is 18.2. The van der Waals surface area contributed by atoms with Crippen LogP contribution in [0.15, 0.2) is 42.9 Å². The van der Waals surface area contributed by atoms with Crippen molar-refractivity contribution >= 4 is 23.1 Å². The van der Waals surface area contributed by atoms with Crippen molar-refractivity contribution in [1.29, 1.82) is 0 Å². The van der Waals surface area contributed by atoms with E-state index in [-0.39, 0.29) is 34.7 Å². The van der Waals surface area contributed by atoms with Crippen LogP contribution in [-0.4, -0.2) is 51.3 Å². The van der Waals surface area contributed by atoms with Crippen molar-refractivity contribution in [3.63, 3.8) is 0 Å². The minimum atomic E-state index is -2.50. The summed E-state index contributed by atoms with van der Waals surface area (Å²) in [6.07, 6.45) is 5.00. The van der Waals surface area contributed by atoms with Gasteiger partial charge in [-0.25, -0.2) is 18.7 Å². The monoisotopic (exact) mass is 470 g/mol. The van der Waals surface area contributed by atoms with Crippen LogP contribution in [0.4, 0.5) is 14.5 Å². The number of nitrogens with two attached hydrogens (primary N) is 2. The highest BCUT2D eigenvalue weighted by Gasteiger charge is 2.55. The zero-order chi connectivity index (χ0) is 24.0. The molecule has 11 heteroatoms. The van der Waals surface area contributed by atoms with Gasteiger partial charge in [-0.15, -0.1) is 0 Å². The number of anilines is 1. The highest BCUT2D eigenvalue weighted by molar-refractivity contribution is 5.95. The summed E-state index contributed by atoms with van der Waals surface area (Å²) in [7, 11) is 0. The Morgan fingerprint density at radius 1 is 1.18 bits per heavy atom. The Bertz CT molecular complexity index is 1250. The molecule has 3 heterocycles. The van der Waals surface area contributed by atoms with Crippen molar-refractivity contribution in [3.05, 3.63) is 54.1 Å². The second-order valence-corrected chi connectivity index (χ2v) is 9.09. The number of hydrogen-bond donors (Lipinski definition) is 2. The molecule has 1 spiro atoms. The van der Waals surface area contributed by atoms with E-state index in [0.29, 0.717) is 11.3 Å². The number of carbonyl (C=O) groups is 2. The molecule has 2 saturated carbocycles. The summed E-state index contributed by atoms with van der Waals surface area (Å²) < 4.78 is 34.3. The van der Waals surface area contributed by atoms with Crippen LogP contribution in [-0.2, 0) is 0 Å². The fourth-order valence-corrected chi connectivity index (χ4v) is 5.26. The first-order valence-corrected chi connectivity index (χ1v) is 11.0. The second-order valence-electron chi connectivity index (χ2n) is 9.09. The van der Waals surface area contributed by atoms with Crippen molar-refractivity contribution in [2.75, 3.05) is 11.4 Å². The zero-order valence-electron chi connectivity index (χ0n) is 18.2. The largest absolute Gasteiger partial charge is 0.474 e. The van der Waals surface area contributed by atoms with Gasteiger partial charge < -0.3 is 21.1 Å². The molecule has 2 aliphatic rings. The molecule has 2 fully saturated rings. The predicted molar refractivity (Wildman–Crippen MR) is 119 cm³/mol. The topological polar surface area (TPSA) is 129 Å². The van der Waals surface area contributed by atoms with E-state index in [1.807, 2.05) is 0 Å². The Labute approximate surface area is 193 Å². The number of carbonyl (C=O) groups excluding carboxylic acids is 2. The number of rotatable bonds is 8. The lowest BCUT2D eigenvalue weighted by Gasteiger charge is -2.59. The van der Waals surface area contributed by atoms with Gasteiger partial charge >= 0.3 is 0 Å². The van der Waals surface area contributed by atoms with Crippen LogP contribution in [0.2, 0.25) is 0 Å². The molecule has 3 aromatic heterocycles. The maximum atomic E-state index is 13.4. The number of primary amides is 2. The first-order valence-electron chi connectivity index (χ1n) is 11.0.